The molecule has 6 nitrogen and oxygen atoms in total. The summed E-state index contributed by atoms with van der Waals surface area (Å²) in [6, 6.07) is 6.70. The number of anilines is 1. The van der Waals surface area contributed by atoms with Crippen molar-refractivity contribution in [2.24, 2.45) is 0 Å². The Balaban J connectivity index is 2.05. The normalized spacial score (nSPS) is 9.95. The van der Waals surface area contributed by atoms with Crippen LogP contribution in [0.5, 0.6) is 0 Å². The summed E-state index contributed by atoms with van der Waals surface area (Å²) in [6.07, 6.45) is 1.30. The van der Waals surface area contributed by atoms with Crippen LogP contribution in [0.2, 0.25) is 10.0 Å². The molecule has 0 saturated heterocycles. The lowest BCUT2D eigenvalue weighted by Crippen LogP contribution is -2.19. The van der Waals surface area contributed by atoms with Crippen LogP contribution in [0.15, 0.2) is 24.5 Å². The Kier molecular flexibility index (Phi) is 4.00. The summed E-state index contributed by atoms with van der Waals surface area (Å²) in [5.74, 6) is -0.341. The molecule has 1 aromatic heterocycles. The minimum atomic E-state index is -0.349. The number of amides is 1. The summed E-state index contributed by atoms with van der Waals surface area (Å²) in [5.41, 5.74) is 0.416. The molecule has 1 heterocycles. The molecule has 0 spiro atoms. The lowest BCUT2D eigenvalue weighted by atomic mass is 10.3. The van der Waals surface area contributed by atoms with E-state index in [0.29, 0.717) is 10.7 Å². The van der Waals surface area contributed by atoms with Crippen LogP contribution in [0.1, 0.15) is 5.82 Å². The molecule has 19 heavy (non-hydrogen) atoms. The Bertz CT molecular complexity index is 661. The smallest absolute Gasteiger partial charge is 0.252 e. The molecule has 0 radical (unpaired) electrons. The van der Waals surface area contributed by atoms with Crippen molar-refractivity contribution in [2.75, 3.05) is 5.32 Å². The molecular weight excluding hydrogens is 289 g/mol. The third-order valence-corrected chi connectivity index (χ3v) is 2.99. The first-order chi connectivity index (χ1) is 9.10. The molecule has 96 valence electrons. The number of benzene rings is 1. The van der Waals surface area contributed by atoms with E-state index in [9.17, 15) is 4.79 Å². The quantitative estimate of drug-likeness (QED) is 0.940. The summed E-state index contributed by atoms with van der Waals surface area (Å²) >= 11 is 11.8. The Labute approximate surface area is 118 Å². The molecule has 1 amide bonds. The van der Waals surface area contributed by atoms with Gasteiger partial charge in [-0.2, -0.15) is 5.26 Å². The first kappa shape index (κ1) is 13.3. The molecule has 0 saturated carbocycles. The molecular formula is C11H7Cl2N5O. The van der Waals surface area contributed by atoms with Crippen molar-refractivity contribution in [3.63, 3.8) is 0 Å². The second-order valence-electron chi connectivity index (χ2n) is 3.53. The molecule has 1 aromatic carbocycles. The van der Waals surface area contributed by atoms with Crippen molar-refractivity contribution in [2.45, 2.75) is 6.54 Å². The third-order valence-electron chi connectivity index (χ3n) is 2.17. The van der Waals surface area contributed by atoms with Gasteiger partial charge in [0.05, 0.1) is 15.7 Å². The minimum absolute atomic E-state index is 0.00795. The fourth-order valence-corrected chi connectivity index (χ4v) is 1.71. The summed E-state index contributed by atoms with van der Waals surface area (Å²) in [7, 11) is 0. The van der Waals surface area contributed by atoms with Crippen molar-refractivity contribution in [3.8, 4) is 6.07 Å². The van der Waals surface area contributed by atoms with Gasteiger partial charge in [-0.3, -0.25) is 4.79 Å². The molecule has 0 aliphatic heterocycles. The maximum atomic E-state index is 11.8. The molecule has 0 unspecified atom stereocenters. The second-order valence-corrected chi connectivity index (χ2v) is 4.31. The van der Waals surface area contributed by atoms with E-state index in [0.717, 1.165) is 0 Å². The van der Waals surface area contributed by atoms with Crippen LogP contribution >= 0.6 is 23.2 Å². The van der Waals surface area contributed by atoms with Crippen molar-refractivity contribution in [3.05, 3.63) is 40.4 Å². The second kappa shape index (κ2) is 5.69. The largest absolute Gasteiger partial charge is 0.323 e. The number of hydrogen-bond donors (Lipinski definition) is 1. The molecule has 0 atom stereocenters. The number of nitrogens with zero attached hydrogens (tertiary/aromatic N) is 4. The van der Waals surface area contributed by atoms with Gasteiger partial charge in [0.2, 0.25) is 5.91 Å². The molecule has 1 N–H and O–H groups in total. The van der Waals surface area contributed by atoms with Gasteiger partial charge in [0, 0.05) is 0 Å². The highest BCUT2D eigenvalue weighted by Crippen LogP contribution is 2.29. The van der Waals surface area contributed by atoms with E-state index in [-0.39, 0.29) is 23.3 Å². The fourth-order valence-electron chi connectivity index (χ4n) is 1.36. The van der Waals surface area contributed by atoms with Gasteiger partial charge in [0.1, 0.15) is 18.9 Å². The highest BCUT2D eigenvalue weighted by molar-refractivity contribution is 6.43. The standard InChI is InChI=1S/C11H7Cl2N5O/c12-7-2-1-3-8(11(7)13)16-10(19)5-18-6-15-9(4-14)17-18/h1-3,6H,5H2,(H,16,19). The summed E-state index contributed by atoms with van der Waals surface area (Å²) in [5, 5.41) is 15.6. The highest BCUT2D eigenvalue weighted by Gasteiger charge is 2.09. The predicted molar refractivity (Wildman–Crippen MR) is 69.8 cm³/mol. The fraction of sp³-hybridized carbons (Fsp3) is 0.0909. The number of aromatic nitrogens is 3. The lowest BCUT2D eigenvalue weighted by Gasteiger charge is -2.07. The Hall–Kier alpha value is -2.10. The summed E-state index contributed by atoms with van der Waals surface area (Å²) in [4.78, 5) is 15.4. The van der Waals surface area contributed by atoms with Crippen LogP contribution < -0.4 is 5.32 Å². The van der Waals surface area contributed by atoms with Gasteiger partial charge < -0.3 is 5.32 Å². The van der Waals surface area contributed by atoms with Gasteiger partial charge in [0.25, 0.3) is 5.82 Å². The van der Waals surface area contributed by atoms with Crippen LogP contribution in [0.3, 0.4) is 0 Å². The van der Waals surface area contributed by atoms with Crippen molar-refractivity contribution < 1.29 is 4.79 Å². The summed E-state index contributed by atoms with van der Waals surface area (Å²) < 4.78 is 1.26. The number of hydrogen-bond acceptors (Lipinski definition) is 4. The Morgan fingerprint density at radius 3 is 2.95 bits per heavy atom. The lowest BCUT2D eigenvalue weighted by molar-refractivity contribution is -0.116. The van der Waals surface area contributed by atoms with Gasteiger partial charge in [-0.25, -0.2) is 9.67 Å². The van der Waals surface area contributed by atoms with Crippen molar-refractivity contribution in [1.82, 2.24) is 14.8 Å². The third kappa shape index (κ3) is 3.22. The average molecular weight is 296 g/mol. The van der Waals surface area contributed by atoms with E-state index in [1.54, 1.807) is 24.3 Å². The van der Waals surface area contributed by atoms with Gasteiger partial charge in [-0.05, 0) is 12.1 Å². The summed E-state index contributed by atoms with van der Waals surface area (Å²) in [6.45, 7) is -0.0719. The van der Waals surface area contributed by atoms with E-state index in [2.05, 4.69) is 15.4 Å². The monoisotopic (exact) mass is 295 g/mol. The molecule has 8 heteroatoms. The molecule has 0 fully saturated rings. The van der Waals surface area contributed by atoms with E-state index in [1.807, 2.05) is 0 Å². The molecule has 2 rings (SSSR count). The molecule has 2 aromatic rings. The number of nitriles is 1. The number of carbonyl (C=O) groups is 1. The SMILES string of the molecule is N#Cc1ncn(CC(=O)Nc2cccc(Cl)c2Cl)n1. The van der Waals surface area contributed by atoms with E-state index < -0.39 is 0 Å². The van der Waals surface area contributed by atoms with Crippen LogP contribution in [-0.2, 0) is 11.3 Å². The average Bonchev–Trinajstić information content (AvgIpc) is 2.82. The number of halogens is 2. The number of rotatable bonds is 3. The Morgan fingerprint density at radius 2 is 2.26 bits per heavy atom. The zero-order valence-electron chi connectivity index (χ0n) is 9.47. The zero-order chi connectivity index (χ0) is 13.8. The number of carbonyl (C=O) groups excluding carboxylic acids is 1. The van der Waals surface area contributed by atoms with E-state index in [1.165, 1.54) is 11.0 Å². The van der Waals surface area contributed by atoms with Crippen molar-refractivity contribution in [1.29, 1.82) is 5.26 Å². The van der Waals surface area contributed by atoms with Crippen LogP contribution in [0, 0.1) is 11.3 Å². The van der Waals surface area contributed by atoms with Crippen LogP contribution in [0.25, 0.3) is 0 Å². The van der Waals surface area contributed by atoms with Crippen LogP contribution in [0.4, 0.5) is 5.69 Å². The van der Waals surface area contributed by atoms with E-state index >= 15 is 0 Å². The molecule has 0 aliphatic carbocycles. The predicted octanol–water partition coefficient (Wildman–Crippen LogP) is 2.10. The maximum Gasteiger partial charge on any atom is 0.252 e. The van der Waals surface area contributed by atoms with Crippen molar-refractivity contribution >= 4 is 34.8 Å². The number of nitrogens with one attached hydrogen (secondary N) is 1. The van der Waals surface area contributed by atoms with Gasteiger partial charge in [-0.1, -0.05) is 29.3 Å². The molecule has 0 aliphatic rings. The van der Waals surface area contributed by atoms with Gasteiger partial charge in [0.15, 0.2) is 0 Å². The van der Waals surface area contributed by atoms with Crippen LogP contribution in [-0.4, -0.2) is 20.7 Å². The van der Waals surface area contributed by atoms with E-state index in [4.69, 9.17) is 28.5 Å². The van der Waals surface area contributed by atoms with Gasteiger partial charge in [-0.15, -0.1) is 5.10 Å². The first-order valence-electron chi connectivity index (χ1n) is 5.13. The Morgan fingerprint density at radius 1 is 1.47 bits per heavy atom. The molecule has 0 bridgehead atoms. The highest BCUT2D eigenvalue weighted by atomic mass is 35.5. The zero-order valence-corrected chi connectivity index (χ0v) is 11.0. The maximum absolute atomic E-state index is 11.8. The minimum Gasteiger partial charge on any atom is -0.323 e. The van der Waals surface area contributed by atoms with Gasteiger partial charge >= 0.3 is 0 Å². The first-order valence-corrected chi connectivity index (χ1v) is 5.89. The topological polar surface area (TPSA) is 83.6 Å².